The summed E-state index contributed by atoms with van der Waals surface area (Å²) in [5.41, 5.74) is 0.892. The molecule has 0 unspecified atom stereocenters. The molecular formula is C8H8N3S. The van der Waals surface area contributed by atoms with Crippen LogP contribution in [0.1, 0.15) is 10.6 Å². The van der Waals surface area contributed by atoms with Gasteiger partial charge >= 0.3 is 0 Å². The van der Waals surface area contributed by atoms with E-state index >= 15 is 0 Å². The molecule has 0 atom stereocenters. The molecule has 2 rings (SSSR count). The summed E-state index contributed by atoms with van der Waals surface area (Å²) in [5.74, 6) is 0. The molecule has 61 valence electrons. The third-order valence-electron chi connectivity index (χ3n) is 1.46. The Morgan fingerprint density at radius 2 is 2.33 bits per heavy atom. The quantitative estimate of drug-likeness (QED) is 0.666. The van der Waals surface area contributed by atoms with Crippen molar-refractivity contribution in [1.82, 2.24) is 14.8 Å². The molecule has 3 nitrogen and oxygen atoms in total. The van der Waals surface area contributed by atoms with Crippen molar-refractivity contribution >= 4 is 11.3 Å². The molecular weight excluding hydrogens is 170 g/mol. The molecule has 0 aliphatic carbocycles. The normalized spacial score (nSPS) is 10.5. The Morgan fingerprint density at radius 3 is 2.83 bits per heavy atom. The van der Waals surface area contributed by atoms with Crippen molar-refractivity contribution in [3.05, 3.63) is 29.0 Å². The van der Waals surface area contributed by atoms with Crippen LogP contribution in [0, 0.1) is 19.9 Å². The van der Waals surface area contributed by atoms with Crippen LogP contribution in [-0.4, -0.2) is 14.8 Å². The summed E-state index contributed by atoms with van der Waals surface area (Å²) in [6.07, 6.45) is 3.64. The van der Waals surface area contributed by atoms with E-state index in [0.29, 0.717) is 0 Å². The van der Waals surface area contributed by atoms with E-state index in [1.54, 1.807) is 22.2 Å². The van der Waals surface area contributed by atoms with Crippen molar-refractivity contribution < 1.29 is 0 Å². The second-order valence-corrected chi connectivity index (χ2v) is 3.77. The number of rotatable bonds is 1. The first-order valence-corrected chi connectivity index (χ1v) is 4.44. The lowest BCUT2D eigenvalue weighted by Crippen LogP contribution is -1.92. The monoisotopic (exact) mass is 178 g/mol. The lowest BCUT2D eigenvalue weighted by Gasteiger charge is -1.91. The lowest BCUT2D eigenvalue weighted by atomic mass is 10.5. The topological polar surface area (TPSA) is 30.7 Å². The van der Waals surface area contributed by atoms with Crippen LogP contribution in [-0.2, 0) is 0 Å². The first kappa shape index (κ1) is 7.49. The molecule has 2 aromatic rings. The van der Waals surface area contributed by atoms with Gasteiger partial charge in [-0.05, 0) is 13.8 Å². The van der Waals surface area contributed by atoms with Gasteiger partial charge in [0.15, 0.2) is 0 Å². The van der Waals surface area contributed by atoms with Gasteiger partial charge in [-0.1, -0.05) is 0 Å². The average Bonchev–Trinajstić information content (AvgIpc) is 2.58. The third-order valence-corrected chi connectivity index (χ3v) is 2.36. The minimum absolute atomic E-state index is 0.892. The zero-order valence-corrected chi connectivity index (χ0v) is 7.72. The highest BCUT2D eigenvalue weighted by Gasteiger charge is 2.01. The molecule has 0 fully saturated rings. The van der Waals surface area contributed by atoms with Gasteiger partial charge in [-0.3, -0.25) is 0 Å². The van der Waals surface area contributed by atoms with E-state index in [0.717, 1.165) is 10.8 Å². The molecule has 12 heavy (non-hydrogen) atoms. The molecule has 0 saturated heterocycles. The summed E-state index contributed by atoms with van der Waals surface area (Å²) in [6.45, 7) is 3.94. The molecule has 1 radical (unpaired) electrons. The van der Waals surface area contributed by atoms with E-state index < -0.39 is 0 Å². The van der Waals surface area contributed by atoms with Gasteiger partial charge in [-0.25, -0.2) is 9.67 Å². The number of thiazole rings is 1. The number of aryl methyl sites for hydroxylation is 2. The SMILES string of the molecule is Cc1[c]cn(-c2ncc(C)s2)n1. The van der Waals surface area contributed by atoms with Crippen LogP contribution in [0.3, 0.4) is 0 Å². The second-order valence-electron chi connectivity index (χ2n) is 2.56. The maximum atomic E-state index is 4.20. The van der Waals surface area contributed by atoms with Crippen LogP contribution in [0.4, 0.5) is 0 Å². The van der Waals surface area contributed by atoms with Crippen LogP contribution in [0.2, 0.25) is 0 Å². The van der Waals surface area contributed by atoms with E-state index in [-0.39, 0.29) is 0 Å². The second kappa shape index (κ2) is 2.71. The van der Waals surface area contributed by atoms with Gasteiger partial charge in [-0.15, -0.1) is 11.3 Å². The number of hydrogen-bond donors (Lipinski definition) is 0. The van der Waals surface area contributed by atoms with Gasteiger partial charge in [0.1, 0.15) is 0 Å². The van der Waals surface area contributed by atoms with Crippen LogP contribution in [0.15, 0.2) is 12.4 Å². The predicted octanol–water partition coefficient (Wildman–Crippen LogP) is 1.75. The first-order chi connectivity index (χ1) is 5.75. The highest BCUT2D eigenvalue weighted by atomic mass is 32.1. The maximum Gasteiger partial charge on any atom is 0.210 e. The van der Waals surface area contributed by atoms with Crippen molar-refractivity contribution in [2.24, 2.45) is 0 Å². The molecule has 0 aliphatic rings. The zero-order chi connectivity index (χ0) is 8.55. The van der Waals surface area contributed by atoms with Gasteiger partial charge in [0.2, 0.25) is 5.13 Å². The Morgan fingerprint density at radius 1 is 1.50 bits per heavy atom. The maximum absolute atomic E-state index is 4.20. The van der Waals surface area contributed by atoms with Gasteiger partial charge in [0, 0.05) is 23.3 Å². The van der Waals surface area contributed by atoms with Crippen LogP contribution in [0.25, 0.3) is 5.13 Å². The number of nitrogens with zero attached hydrogens (tertiary/aromatic N) is 3. The molecule has 2 aromatic heterocycles. The molecule has 0 spiro atoms. The van der Waals surface area contributed by atoms with Gasteiger partial charge < -0.3 is 0 Å². The highest BCUT2D eigenvalue weighted by Crippen LogP contribution is 2.14. The standard InChI is InChI=1S/C8H8N3S/c1-6-3-4-11(10-6)8-9-5-7(2)12-8/h4-5H,1-2H3. The lowest BCUT2D eigenvalue weighted by molar-refractivity contribution is 0.853. The van der Waals surface area contributed by atoms with Crippen LogP contribution >= 0.6 is 11.3 Å². The number of hydrogen-bond acceptors (Lipinski definition) is 3. The molecule has 0 amide bonds. The summed E-state index contributed by atoms with van der Waals surface area (Å²) < 4.78 is 1.74. The van der Waals surface area contributed by atoms with E-state index in [4.69, 9.17) is 0 Å². The summed E-state index contributed by atoms with van der Waals surface area (Å²) in [6, 6.07) is 2.99. The average molecular weight is 178 g/mol. The third kappa shape index (κ3) is 1.25. The Bertz CT molecular complexity index is 350. The van der Waals surface area contributed by atoms with Crippen LogP contribution < -0.4 is 0 Å². The summed E-state index contributed by atoms with van der Waals surface area (Å²) in [4.78, 5) is 5.39. The van der Waals surface area contributed by atoms with Crippen molar-refractivity contribution in [3.63, 3.8) is 0 Å². The van der Waals surface area contributed by atoms with Gasteiger partial charge in [0.05, 0.1) is 5.69 Å². The molecule has 0 saturated carbocycles. The summed E-state index contributed by atoms with van der Waals surface area (Å²) in [7, 11) is 0. The zero-order valence-electron chi connectivity index (χ0n) is 6.90. The van der Waals surface area contributed by atoms with Gasteiger partial charge in [0.25, 0.3) is 0 Å². The fourth-order valence-corrected chi connectivity index (χ4v) is 1.61. The summed E-state index contributed by atoms with van der Waals surface area (Å²) in [5, 5.41) is 5.10. The van der Waals surface area contributed by atoms with Crippen molar-refractivity contribution in [2.45, 2.75) is 13.8 Å². The summed E-state index contributed by atoms with van der Waals surface area (Å²) >= 11 is 1.62. The van der Waals surface area contributed by atoms with E-state index in [9.17, 15) is 0 Å². The van der Waals surface area contributed by atoms with Crippen molar-refractivity contribution in [2.75, 3.05) is 0 Å². The molecule has 0 N–H and O–H groups in total. The van der Waals surface area contributed by atoms with E-state index in [1.165, 1.54) is 4.88 Å². The Balaban J connectivity index is 2.43. The Hall–Kier alpha value is -1.16. The molecule has 0 aliphatic heterocycles. The minimum atomic E-state index is 0.892. The Labute approximate surface area is 74.7 Å². The van der Waals surface area contributed by atoms with Crippen molar-refractivity contribution in [3.8, 4) is 5.13 Å². The Kier molecular flexibility index (Phi) is 1.69. The first-order valence-electron chi connectivity index (χ1n) is 3.62. The molecule has 0 aromatic carbocycles. The predicted molar refractivity (Wildman–Crippen MR) is 47.5 cm³/mol. The highest BCUT2D eigenvalue weighted by molar-refractivity contribution is 7.13. The van der Waals surface area contributed by atoms with E-state index in [2.05, 4.69) is 16.1 Å². The largest absolute Gasteiger partial charge is 0.227 e. The fourth-order valence-electron chi connectivity index (χ4n) is 0.921. The van der Waals surface area contributed by atoms with Crippen LogP contribution in [0.5, 0.6) is 0 Å². The molecule has 2 heterocycles. The molecule has 0 bridgehead atoms. The van der Waals surface area contributed by atoms with E-state index in [1.807, 2.05) is 20.0 Å². The minimum Gasteiger partial charge on any atom is -0.227 e. The smallest absolute Gasteiger partial charge is 0.210 e. The number of aromatic nitrogens is 3. The van der Waals surface area contributed by atoms with Crippen molar-refractivity contribution in [1.29, 1.82) is 0 Å². The fraction of sp³-hybridized carbons (Fsp3) is 0.250. The molecule has 4 heteroatoms. The van der Waals surface area contributed by atoms with Gasteiger partial charge in [-0.2, -0.15) is 5.10 Å².